The minimum atomic E-state index is -0.884. The minimum absolute atomic E-state index is 0.329. The van der Waals surface area contributed by atoms with E-state index in [9.17, 15) is 4.79 Å². The standard InChI is InChI=1S/C15H18N2O2/c1-2-12(7-10-3-4-10)17-9-16-13-6-5-11(15(18)19)8-14(13)17/h5-6,8-10,12H,2-4,7H2,1H3,(H,18,19). The number of rotatable bonds is 5. The number of carboxylic acid groups (broad SMARTS) is 1. The van der Waals surface area contributed by atoms with Crippen molar-refractivity contribution in [3.05, 3.63) is 30.1 Å². The molecule has 1 atom stereocenters. The van der Waals surface area contributed by atoms with Crippen LogP contribution in [0.4, 0.5) is 0 Å². The quantitative estimate of drug-likeness (QED) is 0.893. The summed E-state index contributed by atoms with van der Waals surface area (Å²) in [5.41, 5.74) is 2.14. The Morgan fingerprint density at radius 1 is 1.53 bits per heavy atom. The molecule has 0 bridgehead atoms. The van der Waals surface area contributed by atoms with Gasteiger partial charge in [0.05, 0.1) is 22.9 Å². The fourth-order valence-electron chi connectivity index (χ4n) is 2.67. The summed E-state index contributed by atoms with van der Waals surface area (Å²) in [5.74, 6) is -0.0325. The van der Waals surface area contributed by atoms with Crippen molar-refractivity contribution in [2.24, 2.45) is 5.92 Å². The number of hydrogen-bond donors (Lipinski definition) is 1. The smallest absolute Gasteiger partial charge is 0.335 e. The van der Waals surface area contributed by atoms with Crippen molar-refractivity contribution in [1.29, 1.82) is 0 Å². The zero-order valence-electron chi connectivity index (χ0n) is 11.0. The summed E-state index contributed by atoms with van der Waals surface area (Å²) in [5, 5.41) is 9.09. The van der Waals surface area contributed by atoms with Crippen LogP contribution in [0.5, 0.6) is 0 Å². The van der Waals surface area contributed by atoms with Gasteiger partial charge in [0.25, 0.3) is 0 Å². The maximum absolute atomic E-state index is 11.1. The van der Waals surface area contributed by atoms with Crippen molar-refractivity contribution in [2.45, 2.75) is 38.6 Å². The van der Waals surface area contributed by atoms with Crippen LogP contribution in [0.25, 0.3) is 11.0 Å². The minimum Gasteiger partial charge on any atom is -0.478 e. The molecule has 1 aliphatic rings. The van der Waals surface area contributed by atoms with Crippen molar-refractivity contribution < 1.29 is 9.90 Å². The van der Waals surface area contributed by atoms with Crippen molar-refractivity contribution in [1.82, 2.24) is 9.55 Å². The van der Waals surface area contributed by atoms with Gasteiger partial charge in [-0.1, -0.05) is 19.8 Å². The number of hydrogen-bond acceptors (Lipinski definition) is 2. The predicted octanol–water partition coefficient (Wildman–Crippen LogP) is 3.49. The van der Waals surface area contributed by atoms with Gasteiger partial charge in [-0.05, 0) is 37.0 Å². The molecule has 1 aromatic carbocycles. The Hall–Kier alpha value is -1.84. The summed E-state index contributed by atoms with van der Waals surface area (Å²) < 4.78 is 2.15. The molecule has 4 nitrogen and oxygen atoms in total. The first-order valence-electron chi connectivity index (χ1n) is 6.89. The van der Waals surface area contributed by atoms with E-state index in [0.29, 0.717) is 11.6 Å². The lowest BCUT2D eigenvalue weighted by atomic mass is 10.1. The van der Waals surface area contributed by atoms with E-state index < -0.39 is 5.97 Å². The highest BCUT2D eigenvalue weighted by molar-refractivity contribution is 5.92. The number of imidazole rings is 1. The van der Waals surface area contributed by atoms with E-state index in [2.05, 4.69) is 16.5 Å². The van der Waals surface area contributed by atoms with Crippen molar-refractivity contribution >= 4 is 17.0 Å². The molecule has 1 aliphatic carbocycles. The van der Waals surface area contributed by atoms with Crippen molar-refractivity contribution in [3.63, 3.8) is 0 Å². The number of benzene rings is 1. The van der Waals surface area contributed by atoms with E-state index in [1.165, 1.54) is 19.3 Å². The normalized spacial score (nSPS) is 16.7. The number of fused-ring (bicyclic) bond motifs is 1. The second kappa shape index (κ2) is 4.68. The van der Waals surface area contributed by atoms with Gasteiger partial charge in [-0.3, -0.25) is 0 Å². The molecule has 1 aromatic heterocycles. The van der Waals surface area contributed by atoms with Crippen LogP contribution in [0, 0.1) is 5.92 Å². The zero-order valence-corrected chi connectivity index (χ0v) is 11.0. The lowest BCUT2D eigenvalue weighted by Crippen LogP contribution is -2.08. The first-order chi connectivity index (χ1) is 9.19. The molecule has 19 heavy (non-hydrogen) atoms. The average molecular weight is 258 g/mol. The van der Waals surface area contributed by atoms with Gasteiger partial charge < -0.3 is 9.67 Å². The fourth-order valence-corrected chi connectivity index (χ4v) is 2.67. The highest BCUT2D eigenvalue weighted by atomic mass is 16.4. The van der Waals surface area contributed by atoms with Crippen molar-refractivity contribution in [2.75, 3.05) is 0 Å². The Morgan fingerprint density at radius 3 is 2.95 bits per heavy atom. The largest absolute Gasteiger partial charge is 0.478 e. The molecule has 2 aromatic rings. The summed E-state index contributed by atoms with van der Waals surface area (Å²) in [4.78, 5) is 15.5. The summed E-state index contributed by atoms with van der Waals surface area (Å²) in [7, 11) is 0. The Morgan fingerprint density at radius 2 is 2.32 bits per heavy atom. The van der Waals surface area contributed by atoms with Crippen LogP contribution in [0.1, 0.15) is 49.0 Å². The summed E-state index contributed by atoms with van der Waals surface area (Å²) >= 11 is 0. The second-order valence-electron chi connectivity index (χ2n) is 5.40. The van der Waals surface area contributed by atoms with Crippen LogP contribution >= 0.6 is 0 Å². The highest BCUT2D eigenvalue weighted by Gasteiger charge is 2.26. The SMILES string of the molecule is CCC(CC1CC1)n1cnc2ccc(C(=O)O)cc21. The van der Waals surface area contributed by atoms with E-state index >= 15 is 0 Å². The predicted molar refractivity (Wildman–Crippen MR) is 73.4 cm³/mol. The number of nitrogens with zero attached hydrogens (tertiary/aromatic N) is 2. The van der Waals surface area contributed by atoms with Gasteiger partial charge in [0.2, 0.25) is 0 Å². The van der Waals surface area contributed by atoms with E-state index in [0.717, 1.165) is 23.4 Å². The monoisotopic (exact) mass is 258 g/mol. The van der Waals surface area contributed by atoms with Gasteiger partial charge in [0, 0.05) is 6.04 Å². The topological polar surface area (TPSA) is 55.1 Å². The molecule has 1 N–H and O–H groups in total. The van der Waals surface area contributed by atoms with Crippen molar-refractivity contribution in [3.8, 4) is 0 Å². The van der Waals surface area contributed by atoms with Crippen LogP contribution in [0.2, 0.25) is 0 Å². The third-order valence-corrected chi connectivity index (χ3v) is 3.99. The first-order valence-corrected chi connectivity index (χ1v) is 6.89. The first kappa shape index (κ1) is 12.2. The fraction of sp³-hybridized carbons (Fsp3) is 0.467. The third kappa shape index (κ3) is 2.35. The Kier molecular flexibility index (Phi) is 3.01. The van der Waals surface area contributed by atoms with Gasteiger partial charge in [-0.2, -0.15) is 0 Å². The van der Waals surface area contributed by atoms with Gasteiger partial charge >= 0.3 is 5.97 Å². The molecule has 1 fully saturated rings. The number of aromatic nitrogens is 2. The molecule has 0 spiro atoms. The molecule has 0 aliphatic heterocycles. The zero-order chi connectivity index (χ0) is 13.4. The van der Waals surface area contributed by atoms with E-state index in [4.69, 9.17) is 5.11 Å². The van der Waals surface area contributed by atoms with Crippen LogP contribution in [-0.4, -0.2) is 20.6 Å². The van der Waals surface area contributed by atoms with E-state index in [1.54, 1.807) is 18.2 Å². The second-order valence-corrected chi connectivity index (χ2v) is 5.40. The maximum Gasteiger partial charge on any atom is 0.335 e. The molecule has 0 saturated heterocycles. The molecule has 1 heterocycles. The summed E-state index contributed by atoms with van der Waals surface area (Å²) in [6.45, 7) is 2.18. The molecule has 0 amide bonds. The van der Waals surface area contributed by atoms with Gasteiger partial charge in [0.15, 0.2) is 0 Å². The van der Waals surface area contributed by atoms with Crippen LogP contribution in [-0.2, 0) is 0 Å². The molecule has 3 rings (SSSR count). The molecule has 1 unspecified atom stereocenters. The Bertz CT molecular complexity index is 614. The molecule has 4 heteroatoms. The van der Waals surface area contributed by atoms with Crippen LogP contribution in [0.3, 0.4) is 0 Å². The van der Waals surface area contributed by atoms with E-state index in [-0.39, 0.29) is 0 Å². The van der Waals surface area contributed by atoms with Gasteiger partial charge in [-0.15, -0.1) is 0 Å². The number of aromatic carboxylic acids is 1. The lowest BCUT2D eigenvalue weighted by Gasteiger charge is -2.17. The molecular weight excluding hydrogens is 240 g/mol. The summed E-state index contributed by atoms with van der Waals surface area (Å²) in [6.07, 6.45) is 6.76. The maximum atomic E-state index is 11.1. The van der Waals surface area contributed by atoms with Crippen LogP contribution in [0.15, 0.2) is 24.5 Å². The third-order valence-electron chi connectivity index (χ3n) is 3.99. The average Bonchev–Trinajstić information content (AvgIpc) is 3.13. The molecule has 1 saturated carbocycles. The molecular formula is C15H18N2O2. The Labute approximate surface area is 112 Å². The highest BCUT2D eigenvalue weighted by Crippen LogP contribution is 2.38. The van der Waals surface area contributed by atoms with Gasteiger partial charge in [-0.25, -0.2) is 9.78 Å². The number of carboxylic acids is 1. The molecule has 100 valence electrons. The summed E-state index contributed by atoms with van der Waals surface area (Å²) in [6, 6.07) is 5.57. The van der Waals surface area contributed by atoms with E-state index in [1.807, 2.05) is 6.33 Å². The Balaban J connectivity index is 2.01. The van der Waals surface area contributed by atoms with Crippen LogP contribution < -0.4 is 0 Å². The van der Waals surface area contributed by atoms with Gasteiger partial charge in [0.1, 0.15) is 0 Å². The molecule has 0 radical (unpaired) electrons. The lowest BCUT2D eigenvalue weighted by molar-refractivity contribution is 0.0697. The number of carbonyl (C=O) groups is 1.